The molecule has 0 spiro atoms. The monoisotopic (exact) mass is 317 g/mol. The first-order valence-electron chi connectivity index (χ1n) is 5.65. The minimum atomic E-state index is -0.335. The van der Waals surface area contributed by atoms with Gasteiger partial charge in [0.25, 0.3) is 0 Å². The van der Waals surface area contributed by atoms with E-state index >= 15 is 0 Å². The zero-order chi connectivity index (χ0) is 13.5. The van der Waals surface area contributed by atoms with E-state index in [1.54, 1.807) is 24.5 Å². The molecule has 0 saturated heterocycles. The third kappa shape index (κ3) is 4.56. The average molecular weight is 318 g/mol. The molecule has 96 valence electrons. The maximum Gasteiger partial charge on any atom is 0.324 e. The number of pyridine rings is 1. The van der Waals surface area contributed by atoms with Crippen molar-refractivity contribution in [3.8, 4) is 0 Å². The van der Waals surface area contributed by atoms with Gasteiger partial charge in [-0.1, -0.05) is 46.3 Å². The second kappa shape index (κ2) is 6.70. The van der Waals surface area contributed by atoms with E-state index in [4.69, 9.17) is 0 Å². The largest absolute Gasteiger partial charge is 0.324 e. The van der Waals surface area contributed by atoms with Crippen LogP contribution in [0.4, 0.5) is 10.6 Å². The molecule has 2 amide bonds. The number of nitrogens with zero attached hydrogens (tertiary/aromatic N) is 1. The van der Waals surface area contributed by atoms with Crippen molar-refractivity contribution in [3.63, 3.8) is 0 Å². The molecule has 1 heterocycles. The van der Waals surface area contributed by atoms with Gasteiger partial charge in [-0.2, -0.15) is 0 Å². The summed E-state index contributed by atoms with van der Waals surface area (Å²) in [5.41, 5.74) is 1.02. The number of nitrogens with one attached hydrogen (secondary N) is 2. The summed E-state index contributed by atoms with van der Waals surface area (Å²) in [6.45, 7) is 0. The highest BCUT2D eigenvalue weighted by Crippen LogP contribution is 2.12. The van der Waals surface area contributed by atoms with Crippen LogP contribution in [0.3, 0.4) is 0 Å². The van der Waals surface area contributed by atoms with Crippen molar-refractivity contribution < 1.29 is 4.79 Å². The third-order valence-electron chi connectivity index (χ3n) is 2.25. The van der Waals surface area contributed by atoms with Gasteiger partial charge in [-0.3, -0.25) is 5.32 Å². The van der Waals surface area contributed by atoms with Crippen LogP contribution in [-0.4, -0.2) is 11.0 Å². The number of anilines is 1. The van der Waals surface area contributed by atoms with Crippen molar-refractivity contribution in [3.05, 3.63) is 64.9 Å². The molecule has 1 aromatic carbocycles. The molecule has 0 aliphatic heterocycles. The van der Waals surface area contributed by atoms with Crippen molar-refractivity contribution in [1.29, 1.82) is 0 Å². The van der Waals surface area contributed by atoms with Crippen LogP contribution < -0.4 is 10.6 Å². The molecule has 19 heavy (non-hydrogen) atoms. The highest BCUT2D eigenvalue weighted by Gasteiger charge is 2.00. The molecule has 0 fully saturated rings. The smallest absolute Gasteiger partial charge is 0.314 e. The Morgan fingerprint density at radius 2 is 2.00 bits per heavy atom. The van der Waals surface area contributed by atoms with Gasteiger partial charge < -0.3 is 5.32 Å². The highest BCUT2D eigenvalue weighted by molar-refractivity contribution is 9.10. The van der Waals surface area contributed by atoms with E-state index in [0.29, 0.717) is 5.82 Å². The van der Waals surface area contributed by atoms with Gasteiger partial charge in [0, 0.05) is 16.9 Å². The Bertz CT molecular complexity index is 584. The SMILES string of the molecule is O=C(N/C=C/c1ccccc1)Nc1cc(Br)ccn1. The molecule has 0 aliphatic rings. The van der Waals surface area contributed by atoms with E-state index in [9.17, 15) is 4.79 Å². The summed E-state index contributed by atoms with van der Waals surface area (Å²) in [6.07, 6.45) is 5.01. The van der Waals surface area contributed by atoms with Crippen LogP contribution in [0.5, 0.6) is 0 Å². The van der Waals surface area contributed by atoms with Gasteiger partial charge in [0.2, 0.25) is 0 Å². The number of benzene rings is 1. The lowest BCUT2D eigenvalue weighted by Crippen LogP contribution is -2.24. The molecule has 2 rings (SSSR count). The van der Waals surface area contributed by atoms with Crippen LogP contribution in [0.15, 0.2) is 59.3 Å². The van der Waals surface area contributed by atoms with E-state index in [-0.39, 0.29) is 6.03 Å². The molecule has 0 unspecified atom stereocenters. The number of carbonyl (C=O) groups excluding carboxylic acids is 1. The summed E-state index contributed by atoms with van der Waals surface area (Å²) < 4.78 is 0.859. The number of urea groups is 1. The molecule has 0 atom stereocenters. The Morgan fingerprint density at radius 3 is 2.74 bits per heavy atom. The summed E-state index contributed by atoms with van der Waals surface area (Å²) in [5.74, 6) is 0.486. The molecule has 0 radical (unpaired) electrons. The number of rotatable bonds is 3. The maximum atomic E-state index is 11.6. The quantitative estimate of drug-likeness (QED) is 0.908. The lowest BCUT2D eigenvalue weighted by atomic mass is 10.2. The molecule has 0 bridgehead atoms. The van der Waals surface area contributed by atoms with Gasteiger partial charge in [-0.25, -0.2) is 9.78 Å². The van der Waals surface area contributed by atoms with Gasteiger partial charge in [0.15, 0.2) is 0 Å². The van der Waals surface area contributed by atoms with E-state index in [0.717, 1.165) is 10.0 Å². The minimum Gasteiger partial charge on any atom is -0.314 e. The highest BCUT2D eigenvalue weighted by atomic mass is 79.9. The number of hydrogen-bond donors (Lipinski definition) is 2. The van der Waals surface area contributed by atoms with Gasteiger partial charge in [-0.05, 0) is 23.8 Å². The molecule has 5 heteroatoms. The van der Waals surface area contributed by atoms with E-state index < -0.39 is 0 Å². The molecule has 0 saturated carbocycles. The predicted molar refractivity (Wildman–Crippen MR) is 79.6 cm³/mol. The first kappa shape index (κ1) is 13.3. The normalized spacial score (nSPS) is 10.4. The van der Waals surface area contributed by atoms with Crippen molar-refractivity contribution in [2.75, 3.05) is 5.32 Å². The number of carbonyl (C=O) groups is 1. The topological polar surface area (TPSA) is 54.0 Å². The molecular weight excluding hydrogens is 306 g/mol. The van der Waals surface area contributed by atoms with Crippen molar-refractivity contribution in [2.45, 2.75) is 0 Å². The predicted octanol–water partition coefficient (Wildman–Crippen LogP) is 3.64. The lowest BCUT2D eigenvalue weighted by Gasteiger charge is -2.03. The summed E-state index contributed by atoms with van der Waals surface area (Å²) in [6, 6.07) is 12.9. The fraction of sp³-hybridized carbons (Fsp3) is 0. The minimum absolute atomic E-state index is 0.335. The number of aromatic nitrogens is 1. The van der Waals surface area contributed by atoms with E-state index in [1.165, 1.54) is 0 Å². The van der Waals surface area contributed by atoms with Crippen LogP contribution in [-0.2, 0) is 0 Å². The van der Waals surface area contributed by atoms with E-state index in [1.807, 2.05) is 36.4 Å². The zero-order valence-corrected chi connectivity index (χ0v) is 11.6. The number of hydrogen-bond acceptors (Lipinski definition) is 2. The Hall–Kier alpha value is -2.14. The fourth-order valence-corrected chi connectivity index (χ4v) is 1.74. The third-order valence-corrected chi connectivity index (χ3v) is 2.75. The molecule has 2 N–H and O–H groups in total. The molecule has 2 aromatic rings. The maximum absolute atomic E-state index is 11.6. The van der Waals surface area contributed by atoms with Crippen molar-refractivity contribution in [1.82, 2.24) is 10.3 Å². The average Bonchev–Trinajstić information content (AvgIpc) is 2.40. The summed E-state index contributed by atoms with van der Waals surface area (Å²) in [7, 11) is 0. The number of halogens is 1. The van der Waals surface area contributed by atoms with E-state index in [2.05, 4.69) is 31.5 Å². The van der Waals surface area contributed by atoms with Crippen LogP contribution in [0.1, 0.15) is 5.56 Å². The van der Waals surface area contributed by atoms with Gasteiger partial charge in [0.1, 0.15) is 5.82 Å². The molecular formula is C14H12BrN3O. The zero-order valence-electron chi connectivity index (χ0n) is 10.0. The van der Waals surface area contributed by atoms with Crippen molar-refractivity contribution in [2.24, 2.45) is 0 Å². The first-order chi connectivity index (χ1) is 9.24. The molecule has 4 nitrogen and oxygen atoms in total. The van der Waals surface area contributed by atoms with Gasteiger partial charge in [-0.15, -0.1) is 0 Å². The van der Waals surface area contributed by atoms with Crippen LogP contribution >= 0.6 is 15.9 Å². The van der Waals surface area contributed by atoms with Crippen LogP contribution in [0.2, 0.25) is 0 Å². The Labute approximate surface area is 119 Å². The second-order valence-corrected chi connectivity index (χ2v) is 4.62. The molecule has 0 aliphatic carbocycles. The molecule has 1 aromatic heterocycles. The summed E-state index contributed by atoms with van der Waals surface area (Å²) in [4.78, 5) is 15.6. The van der Waals surface area contributed by atoms with Crippen molar-refractivity contribution >= 4 is 33.9 Å². The fourth-order valence-electron chi connectivity index (χ4n) is 1.40. The van der Waals surface area contributed by atoms with Crippen LogP contribution in [0.25, 0.3) is 6.08 Å². The second-order valence-electron chi connectivity index (χ2n) is 3.70. The van der Waals surface area contributed by atoms with Gasteiger partial charge in [0.05, 0.1) is 0 Å². The Kier molecular flexibility index (Phi) is 4.69. The number of amides is 2. The lowest BCUT2D eigenvalue weighted by molar-refractivity contribution is 0.255. The summed E-state index contributed by atoms with van der Waals surface area (Å²) in [5, 5.41) is 5.24. The Morgan fingerprint density at radius 1 is 1.21 bits per heavy atom. The Balaban J connectivity index is 1.87. The first-order valence-corrected chi connectivity index (χ1v) is 6.44. The standard InChI is InChI=1S/C14H12BrN3O/c15-12-7-9-16-13(10-12)18-14(19)17-8-6-11-4-2-1-3-5-11/h1-10H,(H2,16,17,18,19)/b8-6+. The van der Waals surface area contributed by atoms with Crippen LogP contribution in [0, 0.1) is 0 Å². The van der Waals surface area contributed by atoms with Gasteiger partial charge >= 0.3 is 6.03 Å². The summed E-state index contributed by atoms with van der Waals surface area (Å²) >= 11 is 3.31.